The van der Waals surface area contributed by atoms with Gasteiger partial charge in [0.1, 0.15) is 17.0 Å². The number of likely N-dealkylation sites (tertiary alicyclic amines) is 1. The number of fused-ring (bicyclic) bond motifs is 1. The average molecular weight is 525 g/mol. The molecule has 0 radical (unpaired) electrons. The first-order valence-electron chi connectivity index (χ1n) is 11.7. The van der Waals surface area contributed by atoms with Crippen LogP contribution in [0.4, 0.5) is 6.01 Å². The number of oxazole rings is 1. The Hall–Kier alpha value is -3.43. The van der Waals surface area contributed by atoms with Crippen LogP contribution in [0.3, 0.4) is 0 Å². The standard InChI is InChI=1S/C26H25ClN4O4S/c1-15(2)34-19-6-3-17(4-7-19)25(33)31-11-9-16(10-12-31)24-28-21(14-36-24)23(32)30-26-29-20-13-18(27)5-8-22(20)35-26/h3-8,13-16H,9-12H2,1-2H3,(H,29,30,32). The van der Waals surface area contributed by atoms with E-state index in [9.17, 15) is 9.59 Å². The van der Waals surface area contributed by atoms with Gasteiger partial charge in [0, 0.05) is 35.0 Å². The van der Waals surface area contributed by atoms with E-state index < -0.39 is 0 Å². The normalized spacial score (nSPS) is 14.4. The van der Waals surface area contributed by atoms with Gasteiger partial charge in [-0.2, -0.15) is 4.98 Å². The zero-order valence-electron chi connectivity index (χ0n) is 19.9. The van der Waals surface area contributed by atoms with Gasteiger partial charge in [-0.15, -0.1) is 11.3 Å². The van der Waals surface area contributed by atoms with Crippen molar-refractivity contribution >= 4 is 51.9 Å². The van der Waals surface area contributed by atoms with Gasteiger partial charge in [-0.05, 0) is 69.2 Å². The Morgan fingerprint density at radius 1 is 1.14 bits per heavy atom. The second kappa shape index (κ2) is 10.3. The number of rotatable bonds is 6. The highest BCUT2D eigenvalue weighted by Gasteiger charge is 2.27. The highest BCUT2D eigenvalue weighted by Crippen LogP contribution is 2.31. The number of nitrogens with one attached hydrogen (secondary N) is 1. The van der Waals surface area contributed by atoms with E-state index in [4.69, 9.17) is 20.8 Å². The Bertz CT molecular complexity index is 1390. The Kier molecular flexibility index (Phi) is 6.93. The first-order chi connectivity index (χ1) is 17.4. The first-order valence-corrected chi connectivity index (χ1v) is 13.0. The molecule has 1 fully saturated rings. The van der Waals surface area contributed by atoms with Crippen LogP contribution in [0.5, 0.6) is 5.75 Å². The van der Waals surface area contributed by atoms with Gasteiger partial charge < -0.3 is 14.1 Å². The van der Waals surface area contributed by atoms with Crippen molar-refractivity contribution in [2.24, 2.45) is 0 Å². The van der Waals surface area contributed by atoms with Crippen LogP contribution >= 0.6 is 22.9 Å². The Morgan fingerprint density at radius 3 is 2.61 bits per heavy atom. The van der Waals surface area contributed by atoms with Crippen LogP contribution in [-0.4, -0.2) is 45.9 Å². The molecule has 10 heteroatoms. The molecule has 0 atom stereocenters. The molecule has 2 aromatic carbocycles. The van der Waals surface area contributed by atoms with Crippen LogP contribution in [0.25, 0.3) is 11.1 Å². The van der Waals surface area contributed by atoms with Gasteiger partial charge in [0.2, 0.25) is 0 Å². The number of ether oxygens (including phenoxy) is 1. The largest absolute Gasteiger partial charge is 0.491 e. The summed E-state index contributed by atoms with van der Waals surface area (Å²) < 4.78 is 11.2. The predicted octanol–water partition coefficient (Wildman–Crippen LogP) is 6.00. The summed E-state index contributed by atoms with van der Waals surface area (Å²) in [6, 6.07) is 12.5. The lowest BCUT2D eigenvalue weighted by Crippen LogP contribution is -2.37. The molecule has 0 aliphatic carbocycles. The van der Waals surface area contributed by atoms with E-state index in [1.165, 1.54) is 11.3 Å². The van der Waals surface area contributed by atoms with E-state index in [0.29, 0.717) is 40.5 Å². The number of nitrogens with zero attached hydrogens (tertiary/aromatic N) is 3. The molecule has 186 valence electrons. The summed E-state index contributed by atoms with van der Waals surface area (Å²) in [7, 11) is 0. The van der Waals surface area contributed by atoms with E-state index in [2.05, 4.69) is 15.3 Å². The summed E-state index contributed by atoms with van der Waals surface area (Å²) in [5.74, 6) is 0.592. The number of anilines is 1. The van der Waals surface area contributed by atoms with Crippen LogP contribution < -0.4 is 10.1 Å². The van der Waals surface area contributed by atoms with Crippen LogP contribution in [0.15, 0.2) is 52.3 Å². The quantitative estimate of drug-likeness (QED) is 0.332. The van der Waals surface area contributed by atoms with Crippen molar-refractivity contribution in [1.29, 1.82) is 0 Å². The fourth-order valence-corrected chi connectivity index (χ4v) is 5.29. The van der Waals surface area contributed by atoms with Gasteiger partial charge in [-0.25, -0.2) is 4.98 Å². The number of amides is 2. The fourth-order valence-electron chi connectivity index (χ4n) is 4.15. The molecular weight excluding hydrogens is 500 g/mol. The molecule has 1 aliphatic heterocycles. The average Bonchev–Trinajstić information content (AvgIpc) is 3.51. The van der Waals surface area contributed by atoms with Crippen molar-refractivity contribution in [2.75, 3.05) is 18.4 Å². The molecule has 36 heavy (non-hydrogen) atoms. The molecule has 5 rings (SSSR count). The molecule has 0 bridgehead atoms. The molecule has 2 amide bonds. The summed E-state index contributed by atoms with van der Waals surface area (Å²) in [4.78, 5) is 36.3. The minimum absolute atomic E-state index is 0.0170. The third-order valence-electron chi connectivity index (χ3n) is 5.93. The Morgan fingerprint density at radius 2 is 1.89 bits per heavy atom. The maximum Gasteiger partial charge on any atom is 0.302 e. The van der Waals surface area contributed by atoms with Gasteiger partial charge in [0.05, 0.1) is 11.1 Å². The molecular formula is C26H25ClN4O4S. The molecule has 0 saturated carbocycles. The van der Waals surface area contributed by atoms with E-state index in [1.807, 2.05) is 43.0 Å². The SMILES string of the molecule is CC(C)Oc1ccc(C(=O)N2CCC(c3nc(C(=O)Nc4nc5cc(Cl)ccc5o4)cs3)CC2)cc1. The molecule has 1 N–H and O–H groups in total. The van der Waals surface area contributed by atoms with Crippen molar-refractivity contribution in [3.63, 3.8) is 0 Å². The molecule has 0 spiro atoms. The molecule has 2 aromatic heterocycles. The van der Waals surface area contributed by atoms with Crippen molar-refractivity contribution in [3.8, 4) is 5.75 Å². The summed E-state index contributed by atoms with van der Waals surface area (Å²) in [6.45, 7) is 5.21. The Labute approximate surface area is 217 Å². The van der Waals surface area contributed by atoms with Gasteiger partial charge in [0.15, 0.2) is 5.58 Å². The third-order valence-corrected chi connectivity index (χ3v) is 7.17. The lowest BCUT2D eigenvalue weighted by Gasteiger charge is -2.31. The van der Waals surface area contributed by atoms with E-state index in [-0.39, 0.29) is 29.9 Å². The lowest BCUT2D eigenvalue weighted by atomic mass is 9.97. The van der Waals surface area contributed by atoms with E-state index in [0.717, 1.165) is 23.6 Å². The monoisotopic (exact) mass is 524 g/mol. The number of thiazole rings is 1. The van der Waals surface area contributed by atoms with Gasteiger partial charge in [0.25, 0.3) is 11.8 Å². The van der Waals surface area contributed by atoms with Crippen molar-refractivity contribution in [1.82, 2.24) is 14.9 Å². The predicted molar refractivity (Wildman–Crippen MR) is 139 cm³/mol. The third kappa shape index (κ3) is 5.37. The minimum atomic E-state index is -0.382. The van der Waals surface area contributed by atoms with Gasteiger partial charge >= 0.3 is 6.01 Å². The molecule has 1 saturated heterocycles. The summed E-state index contributed by atoms with van der Waals surface area (Å²) in [5.41, 5.74) is 2.07. The zero-order chi connectivity index (χ0) is 25.2. The maximum absolute atomic E-state index is 12.9. The number of carbonyl (C=O) groups excluding carboxylic acids is 2. The first kappa shape index (κ1) is 24.3. The molecule has 0 unspecified atom stereocenters. The second-order valence-electron chi connectivity index (χ2n) is 8.91. The van der Waals surface area contributed by atoms with Gasteiger partial charge in [-0.3, -0.25) is 14.9 Å². The maximum atomic E-state index is 12.9. The van der Waals surface area contributed by atoms with Crippen molar-refractivity contribution in [3.05, 3.63) is 69.1 Å². The summed E-state index contributed by atoms with van der Waals surface area (Å²) in [6.07, 6.45) is 1.67. The van der Waals surface area contributed by atoms with Crippen LogP contribution in [-0.2, 0) is 0 Å². The topological polar surface area (TPSA) is 97.6 Å². The number of carbonyl (C=O) groups is 2. The number of hydrogen-bond acceptors (Lipinski definition) is 7. The van der Waals surface area contributed by atoms with Crippen LogP contribution in [0.2, 0.25) is 5.02 Å². The minimum Gasteiger partial charge on any atom is -0.491 e. The van der Waals surface area contributed by atoms with Crippen molar-refractivity contribution < 1.29 is 18.7 Å². The number of piperidine rings is 1. The molecule has 8 nitrogen and oxygen atoms in total. The smallest absolute Gasteiger partial charge is 0.302 e. The number of benzene rings is 2. The molecule has 3 heterocycles. The van der Waals surface area contributed by atoms with Gasteiger partial charge in [-0.1, -0.05) is 11.6 Å². The van der Waals surface area contributed by atoms with E-state index >= 15 is 0 Å². The number of aromatic nitrogens is 2. The van der Waals surface area contributed by atoms with E-state index in [1.54, 1.807) is 23.6 Å². The highest BCUT2D eigenvalue weighted by atomic mass is 35.5. The second-order valence-corrected chi connectivity index (χ2v) is 10.2. The summed E-state index contributed by atoms with van der Waals surface area (Å²) >= 11 is 7.44. The molecule has 1 aliphatic rings. The highest BCUT2D eigenvalue weighted by molar-refractivity contribution is 7.10. The molecule has 4 aromatic rings. The Balaban J connectivity index is 1.17. The zero-order valence-corrected chi connectivity index (χ0v) is 21.4. The number of halogens is 1. The van der Waals surface area contributed by atoms with Crippen LogP contribution in [0.1, 0.15) is 58.5 Å². The lowest BCUT2D eigenvalue weighted by molar-refractivity contribution is 0.0713. The fraction of sp³-hybridized carbons (Fsp3) is 0.308. The van der Waals surface area contributed by atoms with Crippen molar-refractivity contribution in [2.45, 2.75) is 38.7 Å². The number of hydrogen-bond donors (Lipinski definition) is 1. The van der Waals surface area contributed by atoms with Crippen LogP contribution in [0, 0.1) is 0 Å². The summed E-state index contributed by atoms with van der Waals surface area (Å²) in [5, 5.41) is 5.84.